The highest BCUT2D eigenvalue weighted by Crippen LogP contribution is 1.92. The summed E-state index contributed by atoms with van der Waals surface area (Å²) < 4.78 is 4.75. The van der Waals surface area contributed by atoms with Crippen molar-refractivity contribution in [2.45, 2.75) is 46.6 Å². The van der Waals surface area contributed by atoms with Gasteiger partial charge in [0.05, 0.1) is 6.10 Å². The summed E-state index contributed by atoms with van der Waals surface area (Å²) in [6.07, 6.45) is 2.41. The van der Waals surface area contributed by atoms with Crippen molar-refractivity contribution in [3.63, 3.8) is 0 Å². The summed E-state index contributed by atoms with van der Waals surface area (Å²) in [5.74, 6) is 0. The molecular formula is C8H20O2. The van der Waals surface area contributed by atoms with E-state index in [1.165, 1.54) is 6.42 Å². The van der Waals surface area contributed by atoms with Gasteiger partial charge in [-0.3, -0.25) is 0 Å². The van der Waals surface area contributed by atoms with Gasteiger partial charge in [-0.05, 0) is 13.3 Å². The maximum absolute atomic E-state index is 8.15. The normalized spacial score (nSPS) is 11.7. The molecule has 0 bridgehead atoms. The van der Waals surface area contributed by atoms with Crippen LogP contribution in [0.5, 0.6) is 0 Å². The predicted molar refractivity (Wildman–Crippen MR) is 43.9 cm³/mol. The zero-order valence-corrected chi connectivity index (χ0v) is 7.55. The molecule has 0 aliphatic heterocycles. The molecule has 64 valence electrons. The van der Waals surface area contributed by atoms with Crippen LogP contribution in [0.25, 0.3) is 0 Å². The van der Waals surface area contributed by atoms with Crippen LogP contribution < -0.4 is 0 Å². The van der Waals surface area contributed by atoms with Gasteiger partial charge in [-0.2, -0.15) is 0 Å². The number of ether oxygens (including phenoxy) is 1. The van der Waals surface area contributed by atoms with Gasteiger partial charge < -0.3 is 9.84 Å². The van der Waals surface area contributed by atoms with Crippen LogP contribution in [-0.2, 0) is 4.74 Å². The second-order valence-electron chi connectivity index (χ2n) is 2.22. The van der Waals surface area contributed by atoms with Crippen molar-refractivity contribution in [1.29, 1.82) is 0 Å². The van der Waals surface area contributed by atoms with Gasteiger partial charge in [0.1, 0.15) is 6.79 Å². The first-order valence-electron chi connectivity index (χ1n) is 3.95. The highest BCUT2D eigenvalue weighted by molar-refractivity contribution is 4.39. The Hall–Kier alpha value is -0.0800. The van der Waals surface area contributed by atoms with Gasteiger partial charge in [0.15, 0.2) is 0 Å². The van der Waals surface area contributed by atoms with Gasteiger partial charge in [-0.25, -0.2) is 0 Å². The molecule has 0 radical (unpaired) electrons. The molecule has 0 aromatic heterocycles. The molecule has 0 heterocycles. The van der Waals surface area contributed by atoms with Crippen LogP contribution in [0.3, 0.4) is 0 Å². The molecule has 0 fully saturated rings. The quantitative estimate of drug-likeness (QED) is 0.621. The zero-order chi connectivity index (χ0) is 8.41. The number of rotatable bonds is 3. The number of hydrogen-bond acceptors (Lipinski definition) is 2. The zero-order valence-electron chi connectivity index (χ0n) is 7.55. The Morgan fingerprint density at radius 1 is 1.30 bits per heavy atom. The highest BCUT2D eigenvalue weighted by Gasteiger charge is 1.92. The molecule has 0 amide bonds. The van der Waals surface area contributed by atoms with E-state index in [0.717, 1.165) is 6.42 Å². The van der Waals surface area contributed by atoms with Crippen LogP contribution in [0.1, 0.15) is 40.5 Å². The fourth-order valence-electron chi connectivity index (χ4n) is 0.245. The maximum Gasteiger partial charge on any atom is 0.143 e. The fraction of sp³-hybridized carbons (Fsp3) is 1.00. The van der Waals surface area contributed by atoms with Crippen molar-refractivity contribution in [1.82, 2.24) is 0 Å². The SMILES string of the molecule is CCC.CCC(C)OCO. The monoisotopic (exact) mass is 148 g/mol. The van der Waals surface area contributed by atoms with E-state index in [4.69, 9.17) is 9.84 Å². The molecule has 0 rings (SSSR count). The van der Waals surface area contributed by atoms with Crippen LogP contribution >= 0.6 is 0 Å². The summed E-state index contributed by atoms with van der Waals surface area (Å²) >= 11 is 0. The number of aliphatic hydroxyl groups is 1. The van der Waals surface area contributed by atoms with E-state index in [9.17, 15) is 0 Å². The lowest BCUT2D eigenvalue weighted by molar-refractivity contribution is -0.0432. The third-order valence-electron chi connectivity index (χ3n) is 0.934. The van der Waals surface area contributed by atoms with E-state index < -0.39 is 0 Å². The van der Waals surface area contributed by atoms with Gasteiger partial charge in [-0.15, -0.1) is 0 Å². The Morgan fingerprint density at radius 2 is 1.70 bits per heavy atom. The molecule has 0 saturated heterocycles. The smallest absolute Gasteiger partial charge is 0.143 e. The minimum Gasteiger partial charge on any atom is -0.371 e. The Labute approximate surface area is 64.2 Å². The van der Waals surface area contributed by atoms with Gasteiger partial charge >= 0.3 is 0 Å². The summed E-state index contributed by atoms with van der Waals surface area (Å²) in [5, 5.41) is 8.15. The van der Waals surface area contributed by atoms with Crippen molar-refractivity contribution in [2.75, 3.05) is 6.79 Å². The molecule has 2 nitrogen and oxygen atoms in total. The van der Waals surface area contributed by atoms with Crippen LogP contribution in [0, 0.1) is 0 Å². The van der Waals surface area contributed by atoms with Gasteiger partial charge in [0, 0.05) is 0 Å². The molecule has 0 aliphatic carbocycles. The standard InChI is InChI=1S/C5H12O2.C3H8/c1-3-5(2)7-4-6;1-3-2/h5-6H,3-4H2,1-2H3;3H2,1-2H3. The molecule has 0 spiro atoms. The molecule has 10 heavy (non-hydrogen) atoms. The lowest BCUT2D eigenvalue weighted by Crippen LogP contribution is -2.06. The Bertz CT molecular complexity index is 46.5. The van der Waals surface area contributed by atoms with Crippen molar-refractivity contribution in [2.24, 2.45) is 0 Å². The third-order valence-corrected chi connectivity index (χ3v) is 0.934. The molecule has 0 aromatic rings. The molecule has 0 saturated carbocycles. The van der Waals surface area contributed by atoms with E-state index in [-0.39, 0.29) is 12.9 Å². The minimum absolute atomic E-state index is 0.158. The molecule has 1 atom stereocenters. The largest absolute Gasteiger partial charge is 0.371 e. The number of aliphatic hydroxyl groups excluding tert-OH is 1. The van der Waals surface area contributed by atoms with Gasteiger partial charge in [-0.1, -0.05) is 27.2 Å². The van der Waals surface area contributed by atoms with Crippen molar-refractivity contribution in [3.05, 3.63) is 0 Å². The van der Waals surface area contributed by atoms with Crippen molar-refractivity contribution >= 4 is 0 Å². The summed E-state index contributed by atoms with van der Waals surface area (Å²) in [4.78, 5) is 0. The maximum atomic E-state index is 8.15. The number of hydrogen-bond donors (Lipinski definition) is 1. The fourth-order valence-corrected chi connectivity index (χ4v) is 0.245. The van der Waals surface area contributed by atoms with E-state index in [1.807, 2.05) is 13.8 Å². The average molecular weight is 148 g/mol. The third kappa shape index (κ3) is 15.7. The van der Waals surface area contributed by atoms with Crippen molar-refractivity contribution in [3.8, 4) is 0 Å². The van der Waals surface area contributed by atoms with Crippen LogP contribution in [0.15, 0.2) is 0 Å². The summed E-state index contributed by atoms with van der Waals surface area (Å²) in [7, 11) is 0. The first-order valence-corrected chi connectivity index (χ1v) is 3.95. The molecular weight excluding hydrogens is 128 g/mol. The molecule has 0 aromatic carbocycles. The topological polar surface area (TPSA) is 29.5 Å². The van der Waals surface area contributed by atoms with Crippen molar-refractivity contribution < 1.29 is 9.84 Å². The lowest BCUT2D eigenvalue weighted by Gasteiger charge is -2.04. The Morgan fingerprint density at radius 3 is 1.80 bits per heavy atom. The second-order valence-corrected chi connectivity index (χ2v) is 2.22. The van der Waals surface area contributed by atoms with Crippen LogP contribution in [-0.4, -0.2) is 18.0 Å². The van der Waals surface area contributed by atoms with E-state index in [0.29, 0.717) is 0 Å². The van der Waals surface area contributed by atoms with Crippen LogP contribution in [0.2, 0.25) is 0 Å². The predicted octanol–water partition coefficient (Wildman–Crippen LogP) is 2.17. The first kappa shape index (κ1) is 12.6. The second kappa shape index (κ2) is 11.7. The van der Waals surface area contributed by atoms with E-state index >= 15 is 0 Å². The highest BCUT2D eigenvalue weighted by atomic mass is 16.6. The molecule has 2 heteroatoms. The van der Waals surface area contributed by atoms with E-state index in [2.05, 4.69) is 13.8 Å². The Balaban J connectivity index is 0. The minimum atomic E-state index is -0.158. The first-order chi connectivity index (χ1) is 4.72. The molecule has 1 unspecified atom stereocenters. The van der Waals surface area contributed by atoms with Gasteiger partial charge in [0.25, 0.3) is 0 Å². The lowest BCUT2D eigenvalue weighted by atomic mass is 10.3. The Kier molecular flexibility index (Phi) is 14.7. The summed E-state index contributed by atoms with van der Waals surface area (Å²) in [5.41, 5.74) is 0. The molecule has 1 N–H and O–H groups in total. The summed E-state index contributed by atoms with van der Waals surface area (Å²) in [6.45, 7) is 8.03. The summed E-state index contributed by atoms with van der Waals surface area (Å²) in [6, 6.07) is 0. The van der Waals surface area contributed by atoms with E-state index in [1.54, 1.807) is 0 Å². The molecule has 0 aliphatic rings. The van der Waals surface area contributed by atoms with Crippen LogP contribution in [0.4, 0.5) is 0 Å². The average Bonchev–Trinajstić information content (AvgIpc) is 1.90. The van der Waals surface area contributed by atoms with Gasteiger partial charge in [0.2, 0.25) is 0 Å².